The second-order valence-corrected chi connectivity index (χ2v) is 15.2. The van der Waals surface area contributed by atoms with Crippen LogP contribution in [0.15, 0.2) is 186 Å². The Morgan fingerprint density at radius 2 is 1.04 bits per heavy atom. The van der Waals surface area contributed by atoms with Crippen LogP contribution in [0, 0.1) is 0 Å². The quantitative estimate of drug-likeness (QED) is 0.170. The van der Waals surface area contributed by atoms with Gasteiger partial charge in [0.2, 0.25) is 0 Å². The summed E-state index contributed by atoms with van der Waals surface area (Å²) < 4.78 is 7.08. The van der Waals surface area contributed by atoms with Gasteiger partial charge in [-0.25, -0.2) is 15.0 Å². The van der Waals surface area contributed by atoms with E-state index in [1.54, 1.807) is 0 Å². The number of hydrogen-bond acceptors (Lipinski definition) is 5. The van der Waals surface area contributed by atoms with Crippen molar-refractivity contribution >= 4 is 49.8 Å². The molecule has 0 amide bonds. The molecule has 270 valence electrons. The molecule has 1 aliphatic carbocycles. The van der Waals surface area contributed by atoms with E-state index in [1.807, 2.05) is 60.7 Å². The van der Waals surface area contributed by atoms with Crippen LogP contribution in [0.2, 0.25) is 0 Å². The molecule has 5 nitrogen and oxygen atoms in total. The molecule has 0 aliphatic heterocycles. The molecule has 57 heavy (non-hydrogen) atoms. The number of aromatic nitrogens is 3. The molecule has 10 aromatic rings. The van der Waals surface area contributed by atoms with Crippen molar-refractivity contribution in [3.05, 3.63) is 193 Å². The first-order valence-corrected chi connectivity index (χ1v) is 19.4. The van der Waals surface area contributed by atoms with E-state index in [-0.39, 0.29) is 5.41 Å². The summed E-state index contributed by atoms with van der Waals surface area (Å²) >= 11 is 0. The van der Waals surface area contributed by atoms with Gasteiger partial charge in [0.05, 0.1) is 5.69 Å². The van der Waals surface area contributed by atoms with E-state index < -0.39 is 0 Å². The summed E-state index contributed by atoms with van der Waals surface area (Å²) in [6.45, 7) is 4.67. The first kappa shape index (κ1) is 33.0. The van der Waals surface area contributed by atoms with Crippen LogP contribution in [-0.2, 0) is 5.41 Å². The lowest BCUT2D eigenvalue weighted by atomic mass is 9.82. The van der Waals surface area contributed by atoms with E-state index in [9.17, 15) is 0 Å². The molecule has 0 saturated heterocycles. The fraction of sp³-hybridized carbons (Fsp3) is 0.0577. The molecule has 0 unspecified atom stereocenters. The van der Waals surface area contributed by atoms with Crippen molar-refractivity contribution in [1.29, 1.82) is 0 Å². The maximum Gasteiger partial charge on any atom is 0.164 e. The summed E-state index contributed by atoms with van der Waals surface area (Å²) in [6.07, 6.45) is 0. The number of fused-ring (bicyclic) bond motifs is 7. The van der Waals surface area contributed by atoms with E-state index in [0.717, 1.165) is 66.5 Å². The molecule has 0 radical (unpaired) electrons. The Kier molecular flexibility index (Phi) is 7.45. The summed E-state index contributed by atoms with van der Waals surface area (Å²) in [7, 11) is 0. The van der Waals surface area contributed by atoms with Crippen LogP contribution in [0.25, 0.3) is 78.0 Å². The topological polar surface area (TPSA) is 55.1 Å². The highest BCUT2D eigenvalue weighted by Crippen LogP contribution is 2.52. The predicted octanol–water partition coefficient (Wildman–Crippen LogP) is 13.7. The Morgan fingerprint density at radius 3 is 1.75 bits per heavy atom. The predicted molar refractivity (Wildman–Crippen MR) is 233 cm³/mol. The normalized spacial score (nSPS) is 12.9. The molecule has 11 rings (SSSR count). The third-order valence-corrected chi connectivity index (χ3v) is 11.5. The Labute approximate surface area is 330 Å². The highest BCUT2D eigenvalue weighted by Gasteiger charge is 2.36. The van der Waals surface area contributed by atoms with Crippen LogP contribution in [0.4, 0.5) is 17.1 Å². The molecule has 0 spiro atoms. The van der Waals surface area contributed by atoms with Gasteiger partial charge in [0, 0.05) is 49.6 Å². The zero-order valence-corrected chi connectivity index (χ0v) is 31.5. The van der Waals surface area contributed by atoms with E-state index in [4.69, 9.17) is 19.4 Å². The fourth-order valence-electron chi connectivity index (χ4n) is 8.67. The van der Waals surface area contributed by atoms with Crippen molar-refractivity contribution < 1.29 is 4.42 Å². The Balaban J connectivity index is 1.13. The van der Waals surface area contributed by atoms with Crippen molar-refractivity contribution in [2.45, 2.75) is 19.3 Å². The average Bonchev–Trinajstić information content (AvgIpc) is 3.75. The number of rotatable bonds is 6. The molecule has 5 heteroatoms. The SMILES string of the molecule is CC1(C)c2ccccc2-c2ccc(N(c3ccccc3)c3c4ccccc4cc4c3oc3cc(-c5nc(-c6ccccc6)nc(-c6ccccc6)n5)ccc34)cc21. The third kappa shape index (κ3) is 5.35. The molecule has 2 aromatic heterocycles. The van der Waals surface area contributed by atoms with Crippen LogP contribution in [0.1, 0.15) is 25.0 Å². The van der Waals surface area contributed by atoms with Gasteiger partial charge >= 0.3 is 0 Å². The van der Waals surface area contributed by atoms with Crippen molar-refractivity contribution in [1.82, 2.24) is 15.0 Å². The highest BCUT2D eigenvalue weighted by molar-refractivity contribution is 6.19. The molecule has 0 atom stereocenters. The van der Waals surface area contributed by atoms with Crippen LogP contribution >= 0.6 is 0 Å². The average molecular weight is 733 g/mol. The number of benzene rings is 8. The first-order valence-electron chi connectivity index (χ1n) is 19.4. The Morgan fingerprint density at radius 1 is 0.439 bits per heavy atom. The standard InChI is InChI=1S/C52H36N4O/c1-52(2)44-25-15-14-24-40(44)41-29-27-38(32-45(41)52)56(37-21-10-5-11-22-37)47-39-23-13-12-20-35(39)30-43-42-28-26-36(31-46(42)57-48(43)47)51-54-49(33-16-6-3-7-17-33)53-50(55-51)34-18-8-4-9-19-34/h3-32H,1-2H3. The third-order valence-electron chi connectivity index (χ3n) is 11.5. The lowest BCUT2D eigenvalue weighted by Crippen LogP contribution is -2.16. The van der Waals surface area contributed by atoms with Gasteiger partial charge < -0.3 is 9.32 Å². The fourth-order valence-corrected chi connectivity index (χ4v) is 8.67. The van der Waals surface area contributed by atoms with Crippen molar-refractivity contribution in [3.8, 4) is 45.3 Å². The Hall–Kier alpha value is -7.37. The maximum absolute atomic E-state index is 7.08. The molecule has 0 fully saturated rings. The minimum absolute atomic E-state index is 0.149. The molecule has 0 saturated carbocycles. The Bertz CT molecular complexity index is 3100. The van der Waals surface area contributed by atoms with Crippen molar-refractivity contribution in [2.24, 2.45) is 0 Å². The smallest absolute Gasteiger partial charge is 0.164 e. The number of nitrogens with zero attached hydrogens (tertiary/aromatic N) is 4. The van der Waals surface area contributed by atoms with Crippen molar-refractivity contribution in [3.63, 3.8) is 0 Å². The lowest BCUT2D eigenvalue weighted by molar-refractivity contribution is 0.660. The number of anilines is 3. The lowest BCUT2D eigenvalue weighted by Gasteiger charge is -2.29. The van der Waals surface area contributed by atoms with Crippen molar-refractivity contribution in [2.75, 3.05) is 4.90 Å². The summed E-state index contributed by atoms with van der Waals surface area (Å²) in [4.78, 5) is 17.3. The van der Waals surface area contributed by atoms with Gasteiger partial charge in [-0.15, -0.1) is 0 Å². The summed E-state index contributed by atoms with van der Waals surface area (Å²) in [5, 5.41) is 4.32. The van der Waals surface area contributed by atoms with E-state index in [2.05, 4.69) is 140 Å². The summed E-state index contributed by atoms with van der Waals surface area (Å²) in [5.74, 6) is 1.83. The molecule has 1 aliphatic rings. The monoisotopic (exact) mass is 732 g/mol. The van der Waals surface area contributed by atoms with Gasteiger partial charge in [-0.3, -0.25) is 0 Å². The second-order valence-electron chi connectivity index (χ2n) is 15.2. The number of hydrogen-bond donors (Lipinski definition) is 0. The first-order chi connectivity index (χ1) is 28.0. The van der Waals surface area contributed by atoms with Gasteiger partial charge in [0.15, 0.2) is 23.1 Å². The summed E-state index contributed by atoms with van der Waals surface area (Å²) in [6, 6.07) is 63.7. The van der Waals surface area contributed by atoms with Gasteiger partial charge in [-0.05, 0) is 70.1 Å². The zero-order chi connectivity index (χ0) is 38.1. The van der Waals surface area contributed by atoms with Gasteiger partial charge in [-0.2, -0.15) is 0 Å². The van der Waals surface area contributed by atoms with E-state index in [0.29, 0.717) is 17.5 Å². The second kappa shape index (κ2) is 12.9. The van der Waals surface area contributed by atoms with E-state index >= 15 is 0 Å². The maximum atomic E-state index is 7.08. The van der Waals surface area contributed by atoms with Crippen LogP contribution in [0.3, 0.4) is 0 Å². The number of para-hydroxylation sites is 1. The number of furan rings is 1. The summed E-state index contributed by atoms with van der Waals surface area (Å²) in [5.41, 5.74) is 12.5. The minimum Gasteiger partial charge on any atom is -0.454 e. The highest BCUT2D eigenvalue weighted by atomic mass is 16.3. The molecule has 8 aromatic carbocycles. The van der Waals surface area contributed by atoms with E-state index in [1.165, 1.54) is 22.3 Å². The zero-order valence-electron chi connectivity index (χ0n) is 31.5. The van der Waals surface area contributed by atoms with Gasteiger partial charge in [-0.1, -0.05) is 153 Å². The van der Waals surface area contributed by atoms with Crippen LogP contribution < -0.4 is 4.90 Å². The van der Waals surface area contributed by atoms with Gasteiger partial charge in [0.25, 0.3) is 0 Å². The van der Waals surface area contributed by atoms with Crippen LogP contribution in [0.5, 0.6) is 0 Å². The molecule has 0 N–H and O–H groups in total. The molecular weight excluding hydrogens is 697 g/mol. The molecule has 0 bridgehead atoms. The van der Waals surface area contributed by atoms with Gasteiger partial charge in [0.1, 0.15) is 5.58 Å². The van der Waals surface area contributed by atoms with Crippen LogP contribution in [-0.4, -0.2) is 15.0 Å². The largest absolute Gasteiger partial charge is 0.454 e. The molecular formula is C52H36N4O. The minimum atomic E-state index is -0.149. The molecule has 2 heterocycles.